The van der Waals surface area contributed by atoms with E-state index in [1.807, 2.05) is 12.1 Å². The molecule has 0 aromatic heterocycles. The number of benzene rings is 1. The van der Waals surface area contributed by atoms with Crippen molar-refractivity contribution in [2.75, 3.05) is 0 Å². The molecule has 0 fully saturated rings. The van der Waals surface area contributed by atoms with Gasteiger partial charge in [0, 0.05) is 6.42 Å². The second-order valence-corrected chi connectivity index (χ2v) is 5.87. The molecule has 27 heavy (non-hydrogen) atoms. The van der Waals surface area contributed by atoms with Crippen molar-refractivity contribution >= 4 is 18.0 Å². The predicted molar refractivity (Wildman–Crippen MR) is 94.3 cm³/mol. The van der Waals surface area contributed by atoms with Gasteiger partial charge in [0.1, 0.15) is 18.7 Å². The van der Waals surface area contributed by atoms with Gasteiger partial charge in [-0.2, -0.15) is 5.26 Å². The molecule has 3 atom stereocenters. The van der Waals surface area contributed by atoms with E-state index in [2.05, 4.69) is 10.6 Å². The molecule has 0 saturated carbocycles. The topological polar surface area (TPSA) is 149 Å². The van der Waals surface area contributed by atoms with Gasteiger partial charge in [0.15, 0.2) is 0 Å². The van der Waals surface area contributed by atoms with Crippen LogP contribution in [0.5, 0.6) is 0 Å². The number of nitriles is 1. The Labute approximate surface area is 156 Å². The maximum atomic E-state index is 12.3. The summed E-state index contributed by atoms with van der Waals surface area (Å²) in [6, 6.07) is 8.16. The molecule has 4 N–H and O–H groups in total. The Morgan fingerprint density at radius 1 is 1.22 bits per heavy atom. The highest BCUT2D eigenvalue weighted by atomic mass is 16.5. The summed E-state index contributed by atoms with van der Waals surface area (Å²) in [7, 11) is 0. The normalized spacial score (nSPS) is 13.5. The standard InChI is InChI=1S/C18H23N3O6/c1-12(22)15(16(23)20-14(17(24)25)9-5-6-10-19)21-18(26)27-11-13-7-3-2-4-8-13/h2-4,7-8,12,14-15,22H,5-6,9,11H2,1H3,(H,20,23)(H,21,26)(H,24,25)/t12-,14-,15+/m1/s1. The summed E-state index contributed by atoms with van der Waals surface area (Å²) in [5.41, 5.74) is 0.745. The Bertz CT molecular complexity index is 671. The van der Waals surface area contributed by atoms with Crippen molar-refractivity contribution in [2.45, 2.75) is 51.0 Å². The predicted octanol–water partition coefficient (Wildman–Crippen LogP) is 0.925. The largest absolute Gasteiger partial charge is 0.480 e. The number of rotatable bonds is 10. The summed E-state index contributed by atoms with van der Waals surface area (Å²) in [6.07, 6.45) is -1.69. The van der Waals surface area contributed by atoms with Crippen molar-refractivity contribution in [2.24, 2.45) is 0 Å². The zero-order valence-electron chi connectivity index (χ0n) is 14.9. The Kier molecular flexibility index (Phi) is 9.33. The lowest BCUT2D eigenvalue weighted by Gasteiger charge is -2.23. The van der Waals surface area contributed by atoms with Crippen LogP contribution in [0.25, 0.3) is 0 Å². The molecule has 9 nitrogen and oxygen atoms in total. The third-order valence-corrected chi connectivity index (χ3v) is 3.65. The molecule has 2 amide bonds. The van der Waals surface area contributed by atoms with E-state index in [0.717, 1.165) is 5.56 Å². The van der Waals surface area contributed by atoms with Crippen LogP contribution in [-0.4, -0.2) is 46.4 Å². The summed E-state index contributed by atoms with van der Waals surface area (Å²) in [5, 5.41) is 31.9. The number of nitrogens with one attached hydrogen (secondary N) is 2. The molecule has 0 heterocycles. The zero-order valence-corrected chi connectivity index (χ0v) is 14.9. The first-order chi connectivity index (χ1) is 12.8. The number of carboxylic acid groups (broad SMARTS) is 1. The molecule has 9 heteroatoms. The highest BCUT2D eigenvalue weighted by Crippen LogP contribution is 2.04. The number of carbonyl (C=O) groups excluding carboxylic acids is 2. The fourth-order valence-electron chi connectivity index (χ4n) is 2.20. The molecule has 0 aliphatic carbocycles. The van der Waals surface area contributed by atoms with Gasteiger partial charge in [-0.05, 0) is 25.3 Å². The van der Waals surface area contributed by atoms with Crippen LogP contribution in [0.3, 0.4) is 0 Å². The smallest absolute Gasteiger partial charge is 0.408 e. The molecule has 146 valence electrons. The van der Waals surface area contributed by atoms with Gasteiger partial charge >= 0.3 is 12.1 Å². The number of carboxylic acids is 1. The number of nitrogens with zero attached hydrogens (tertiary/aromatic N) is 1. The Morgan fingerprint density at radius 2 is 1.89 bits per heavy atom. The third kappa shape index (κ3) is 8.20. The number of aliphatic hydroxyl groups excluding tert-OH is 1. The minimum absolute atomic E-state index is 0.0211. The van der Waals surface area contributed by atoms with E-state index >= 15 is 0 Å². The van der Waals surface area contributed by atoms with Gasteiger partial charge in [-0.25, -0.2) is 9.59 Å². The summed E-state index contributed by atoms with van der Waals surface area (Å²) in [4.78, 5) is 35.4. The van der Waals surface area contributed by atoms with Crippen LogP contribution >= 0.6 is 0 Å². The number of hydrogen-bond acceptors (Lipinski definition) is 6. The monoisotopic (exact) mass is 377 g/mol. The number of aliphatic hydroxyl groups is 1. The summed E-state index contributed by atoms with van der Waals surface area (Å²) < 4.78 is 5.00. The molecule has 0 saturated heterocycles. The van der Waals surface area contributed by atoms with Gasteiger partial charge in [0.2, 0.25) is 5.91 Å². The second kappa shape index (κ2) is 11.5. The van der Waals surface area contributed by atoms with E-state index in [1.54, 1.807) is 24.3 Å². The summed E-state index contributed by atoms with van der Waals surface area (Å²) in [6.45, 7) is 1.26. The molecular formula is C18H23N3O6. The molecule has 1 aromatic carbocycles. The minimum atomic E-state index is -1.38. The lowest BCUT2D eigenvalue weighted by molar-refractivity contribution is -0.142. The lowest BCUT2D eigenvalue weighted by Crippen LogP contribution is -2.55. The Hall–Kier alpha value is -3.12. The number of carbonyl (C=O) groups is 3. The van der Waals surface area contributed by atoms with Crippen molar-refractivity contribution in [3.63, 3.8) is 0 Å². The number of amides is 2. The van der Waals surface area contributed by atoms with E-state index in [0.29, 0.717) is 6.42 Å². The second-order valence-electron chi connectivity index (χ2n) is 5.87. The first-order valence-electron chi connectivity index (χ1n) is 8.40. The number of ether oxygens (including phenoxy) is 1. The van der Waals surface area contributed by atoms with Crippen LogP contribution in [0, 0.1) is 11.3 Å². The van der Waals surface area contributed by atoms with E-state index in [4.69, 9.17) is 15.1 Å². The van der Waals surface area contributed by atoms with E-state index < -0.39 is 36.2 Å². The van der Waals surface area contributed by atoms with Crippen molar-refractivity contribution in [3.05, 3.63) is 35.9 Å². The fraction of sp³-hybridized carbons (Fsp3) is 0.444. The lowest BCUT2D eigenvalue weighted by atomic mass is 10.1. The maximum absolute atomic E-state index is 12.3. The van der Waals surface area contributed by atoms with E-state index in [9.17, 15) is 19.5 Å². The van der Waals surface area contributed by atoms with Crippen molar-refractivity contribution in [1.82, 2.24) is 10.6 Å². The van der Waals surface area contributed by atoms with Crippen LogP contribution < -0.4 is 10.6 Å². The molecule has 0 radical (unpaired) electrons. The summed E-state index contributed by atoms with van der Waals surface area (Å²) >= 11 is 0. The molecule has 1 aromatic rings. The van der Waals surface area contributed by atoms with Crippen LogP contribution in [0.15, 0.2) is 30.3 Å². The summed E-state index contributed by atoms with van der Waals surface area (Å²) in [5.74, 6) is -2.12. The van der Waals surface area contributed by atoms with Crippen LogP contribution in [0.4, 0.5) is 4.79 Å². The fourth-order valence-corrected chi connectivity index (χ4v) is 2.20. The first-order valence-corrected chi connectivity index (χ1v) is 8.40. The minimum Gasteiger partial charge on any atom is -0.480 e. The number of hydrogen-bond donors (Lipinski definition) is 4. The molecule has 1 rings (SSSR count). The Balaban J connectivity index is 2.61. The zero-order chi connectivity index (χ0) is 20.2. The third-order valence-electron chi connectivity index (χ3n) is 3.65. The number of unbranched alkanes of at least 4 members (excludes halogenated alkanes) is 1. The number of aliphatic carboxylic acids is 1. The molecule has 0 spiro atoms. The SMILES string of the molecule is C[C@@H](O)[C@H](NC(=O)OCc1ccccc1)C(=O)N[C@H](CCCC#N)C(=O)O. The number of alkyl carbamates (subject to hydrolysis) is 1. The van der Waals surface area contributed by atoms with Crippen LogP contribution in [0.2, 0.25) is 0 Å². The molecule has 0 bridgehead atoms. The van der Waals surface area contributed by atoms with Gasteiger partial charge in [-0.3, -0.25) is 4.79 Å². The van der Waals surface area contributed by atoms with Crippen molar-refractivity contribution in [1.29, 1.82) is 5.26 Å². The molecule has 0 unspecified atom stereocenters. The van der Waals surface area contributed by atoms with E-state index in [-0.39, 0.29) is 19.4 Å². The highest BCUT2D eigenvalue weighted by molar-refractivity contribution is 5.89. The van der Waals surface area contributed by atoms with E-state index in [1.165, 1.54) is 6.92 Å². The van der Waals surface area contributed by atoms with Gasteiger partial charge in [0.05, 0.1) is 12.2 Å². The molecule has 0 aliphatic rings. The van der Waals surface area contributed by atoms with Crippen LogP contribution in [-0.2, 0) is 20.9 Å². The first kappa shape index (κ1) is 21.9. The van der Waals surface area contributed by atoms with Crippen molar-refractivity contribution < 1.29 is 29.3 Å². The van der Waals surface area contributed by atoms with Gasteiger partial charge < -0.3 is 25.6 Å². The molecular weight excluding hydrogens is 354 g/mol. The Morgan fingerprint density at radius 3 is 2.44 bits per heavy atom. The maximum Gasteiger partial charge on any atom is 0.408 e. The van der Waals surface area contributed by atoms with Crippen molar-refractivity contribution in [3.8, 4) is 6.07 Å². The van der Waals surface area contributed by atoms with Gasteiger partial charge in [0.25, 0.3) is 0 Å². The van der Waals surface area contributed by atoms with Gasteiger partial charge in [-0.1, -0.05) is 30.3 Å². The average molecular weight is 377 g/mol. The molecule has 0 aliphatic heterocycles. The van der Waals surface area contributed by atoms with Gasteiger partial charge in [-0.15, -0.1) is 0 Å². The van der Waals surface area contributed by atoms with Crippen LogP contribution in [0.1, 0.15) is 31.7 Å². The average Bonchev–Trinajstić information content (AvgIpc) is 2.64. The highest BCUT2D eigenvalue weighted by Gasteiger charge is 2.29. The quantitative estimate of drug-likeness (QED) is 0.443.